The largest absolute Gasteiger partial charge is 0.388 e. The summed E-state index contributed by atoms with van der Waals surface area (Å²) in [5.74, 6) is 0.616. The van der Waals surface area contributed by atoms with Crippen molar-refractivity contribution < 1.29 is 9.90 Å². The summed E-state index contributed by atoms with van der Waals surface area (Å²) in [4.78, 5) is 16.7. The summed E-state index contributed by atoms with van der Waals surface area (Å²) in [6, 6.07) is 0. The van der Waals surface area contributed by atoms with Gasteiger partial charge in [-0.25, -0.2) is 4.98 Å². The molecule has 1 saturated carbocycles. The van der Waals surface area contributed by atoms with E-state index < -0.39 is 5.60 Å². The molecule has 1 aromatic rings. The maximum absolute atomic E-state index is 12.0. The van der Waals surface area contributed by atoms with E-state index in [-0.39, 0.29) is 5.91 Å². The van der Waals surface area contributed by atoms with Crippen LogP contribution in [0.2, 0.25) is 0 Å². The number of nitrogens with one attached hydrogen (secondary N) is 1. The molecule has 4 nitrogen and oxygen atoms in total. The molecule has 2 N–H and O–H groups in total. The van der Waals surface area contributed by atoms with Crippen molar-refractivity contribution in [2.45, 2.75) is 51.6 Å². The number of amides is 1. The number of nitrogens with zero attached hydrogens (tertiary/aromatic N) is 1. The Morgan fingerprint density at radius 2 is 2.26 bits per heavy atom. The summed E-state index contributed by atoms with van der Waals surface area (Å²) in [6.45, 7) is 4.37. The van der Waals surface area contributed by atoms with Gasteiger partial charge >= 0.3 is 0 Å². The van der Waals surface area contributed by atoms with Crippen LogP contribution in [0.3, 0.4) is 0 Å². The van der Waals surface area contributed by atoms with Crippen LogP contribution in [0, 0.1) is 12.8 Å². The Bertz CT molecular complexity index is 436. The molecular weight excluding hydrogens is 260 g/mol. The summed E-state index contributed by atoms with van der Waals surface area (Å²) >= 11 is 1.34. The molecule has 1 aliphatic carbocycles. The van der Waals surface area contributed by atoms with Gasteiger partial charge in [-0.1, -0.05) is 13.3 Å². The average molecular weight is 282 g/mol. The first kappa shape index (κ1) is 14.5. The van der Waals surface area contributed by atoms with Crippen LogP contribution in [0.1, 0.15) is 54.4 Å². The Morgan fingerprint density at radius 3 is 2.79 bits per heavy atom. The highest BCUT2D eigenvalue weighted by atomic mass is 32.1. The maximum Gasteiger partial charge on any atom is 0.263 e. The van der Waals surface area contributed by atoms with Crippen LogP contribution >= 0.6 is 11.3 Å². The molecule has 2 rings (SSSR count). The fraction of sp³-hybridized carbons (Fsp3) is 0.714. The zero-order chi connectivity index (χ0) is 13.9. The lowest BCUT2D eigenvalue weighted by Crippen LogP contribution is -2.45. The summed E-state index contributed by atoms with van der Waals surface area (Å²) < 4.78 is 0. The number of hydrogen-bond acceptors (Lipinski definition) is 4. The molecule has 1 aromatic heterocycles. The summed E-state index contributed by atoms with van der Waals surface area (Å²) in [5.41, 5.74) is 1.70. The fourth-order valence-corrected chi connectivity index (χ4v) is 3.36. The molecule has 1 amide bonds. The monoisotopic (exact) mass is 282 g/mol. The van der Waals surface area contributed by atoms with Crippen LogP contribution in [-0.2, 0) is 0 Å². The lowest BCUT2D eigenvalue weighted by molar-refractivity contribution is -0.00784. The Labute approximate surface area is 118 Å². The van der Waals surface area contributed by atoms with Crippen molar-refractivity contribution >= 4 is 17.2 Å². The van der Waals surface area contributed by atoms with Gasteiger partial charge in [0.2, 0.25) is 0 Å². The van der Waals surface area contributed by atoms with E-state index >= 15 is 0 Å². The van der Waals surface area contributed by atoms with E-state index in [1.165, 1.54) is 17.8 Å². The second kappa shape index (κ2) is 6.01. The van der Waals surface area contributed by atoms with E-state index in [0.717, 1.165) is 37.3 Å². The molecule has 0 bridgehead atoms. The molecule has 106 valence electrons. The van der Waals surface area contributed by atoms with E-state index in [9.17, 15) is 9.90 Å². The molecule has 0 unspecified atom stereocenters. The molecule has 1 aliphatic rings. The van der Waals surface area contributed by atoms with Gasteiger partial charge in [0, 0.05) is 6.54 Å². The van der Waals surface area contributed by atoms with Crippen LogP contribution in [0.5, 0.6) is 0 Å². The van der Waals surface area contributed by atoms with Crippen molar-refractivity contribution in [3.63, 3.8) is 0 Å². The van der Waals surface area contributed by atoms with Crippen LogP contribution in [0.25, 0.3) is 0 Å². The fourth-order valence-electron chi connectivity index (χ4n) is 2.64. The van der Waals surface area contributed by atoms with E-state index in [1.807, 2.05) is 6.92 Å². The highest BCUT2D eigenvalue weighted by molar-refractivity contribution is 7.11. The first-order chi connectivity index (χ1) is 9.04. The zero-order valence-electron chi connectivity index (χ0n) is 11.6. The first-order valence-corrected chi connectivity index (χ1v) is 7.83. The molecule has 0 atom stereocenters. The Morgan fingerprint density at radius 1 is 1.58 bits per heavy atom. The van der Waals surface area contributed by atoms with Gasteiger partial charge in [-0.05, 0) is 38.5 Å². The van der Waals surface area contributed by atoms with Gasteiger partial charge < -0.3 is 10.4 Å². The Kier molecular flexibility index (Phi) is 4.58. The smallest absolute Gasteiger partial charge is 0.263 e. The zero-order valence-corrected chi connectivity index (χ0v) is 12.4. The average Bonchev–Trinajstić information content (AvgIpc) is 2.83. The van der Waals surface area contributed by atoms with E-state index in [0.29, 0.717) is 11.4 Å². The van der Waals surface area contributed by atoms with Gasteiger partial charge in [0.05, 0.1) is 16.8 Å². The first-order valence-electron chi connectivity index (χ1n) is 6.95. The maximum atomic E-state index is 12.0. The number of thiazole rings is 1. The van der Waals surface area contributed by atoms with Gasteiger partial charge in [0.15, 0.2) is 0 Å². The minimum atomic E-state index is -0.722. The van der Waals surface area contributed by atoms with Gasteiger partial charge in [-0.3, -0.25) is 4.79 Å². The third kappa shape index (κ3) is 3.54. The topological polar surface area (TPSA) is 62.2 Å². The van der Waals surface area contributed by atoms with Gasteiger partial charge in [-0.2, -0.15) is 0 Å². The van der Waals surface area contributed by atoms with E-state index in [1.54, 1.807) is 5.51 Å². The molecule has 0 aromatic carbocycles. The van der Waals surface area contributed by atoms with Crippen LogP contribution in [0.4, 0.5) is 0 Å². The van der Waals surface area contributed by atoms with Crippen molar-refractivity contribution in [2.75, 3.05) is 6.54 Å². The predicted octanol–water partition coefficient (Wildman–Crippen LogP) is 2.51. The number of aliphatic hydroxyl groups is 1. The summed E-state index contributed by atoms with van der Waals surface area (Å²) in [6.07, 6.45) is 4.87. The second-order valence-electron chi connectivity index (χ2n) is 5.53. The summed E-state index contributed by atoms with van der Waals surface area (Å²) in [5, 5.41) is 13.3. The molecule has 1 heterocycles. The normalized spacial score (nSPS) is 27.2. The summed E-state index contributed by atoms with van der Waals surface area (Å²) in [7, 11) is 0. The SMILES string of the molecule is CCC1CCC(O)(CNC(=O)c2scnc2C)CC1. The van der Waals surface area contributed by atoms with Crippen molar-refractivity contribution in [3.8, 4) is 0 Å². The molecule has 1 fully saturated rings. The number of carbonyl (C=O) groups excluding carboxylic acids is 1. The molecule has 0 spiro atoms. The molecule has 5 heteroatoms. The van der Waals surface area contributed by atoms with Crippen LogP contribution < -0.4 is 5.32 Å². The molecule has 19 heavy (non-hydrogen) atoms. The van der Waals surface area contributed by atoms with Gasteiger partial charge in [-0.15, -0.1) is 11.3 Å². The van der Waals surface area contributed by atoms with E-state index in [4.69, 9.17) is 0 Å². The molecule has 0 radical (unpaired) electrons. The minimum absolute atomic E-state index is 0.119. The standard InChI is InChI=1S/C14H22N2O2S/c1-3-11-4-6-14(18,7-5-11)8-15-13(17)12-10(2)16-9-19-12/h9,11,18H,3-8H2,1-2H3,(H,15,17). The van der Waals surface area contributed by atoms with E-state index in [2.05, 4.69) is 17.2 Å². The lowest BCUT2D eigenvalue weighted by Gasteiger charge is -2.35. The highest BCUT2D eigenvalue weighted by Gasteiger charge is 2.33. The Hall–Kier alpha value is -0.940. The number of aryl methyl sites for hydroxylation is 1. The third-order valence-corrected chi connectivity index (χ3v) is 5.07. The number of hydrogen-bond donors (Lipinski definition) is 2. The van der Waals surface area contributed by atoms with Crippen molar-refractivity contribution in [1.29, 1.82) is 0 Å². The van der Waals surface area contributed by atoms with Crippen molar-refractivity contribution in [3.05, 3.63) is 16.1 Å². The second-order valence-corrected chi connectivity index (χ2v) is 6.38. The molecule has 0 saturated heterocycles. The number of carbonyl (C=O) groups is 1. The quantitative estimate of drug-likeness (QED) is 0.892. The lowest BCUT2D eigenvalue weighted by atomic mass is 9.78. The molecular formula is C14H22N2O2S. The van der Waals surface area contributed by atoms with Crippen molar-refractivity contribution in [2.24, 2.45) is 5.92 Å². The predicted molar refractivity (Wildman–Crippen MR) is 76.4 cm³/mol. The van der Waals surface area contributed by atoms with Crippen LogP contribution in [-0.4, -0.2) is 28.1 Å². The highest BCUT2D eigenvalue weighted by Crippen LogP contribution is 2.33. The molecule has 0 aliphatic heterocycles. The number of rotatable bonds is 4. The van der Waals surface area contributed by atoms with Crippen LogP contribution in [0.15, 0.2) is 5.51 Å². The van der Waals surface area contributed by atoms with Gasteiger partial charge in [0.25, 0.3) is 5.91 Å². The Balaban J connectivity index is 1.85. The van der Waals surface area contributed by atoms with Crippen molar-refractivity contribution in [1.82, 2.24) is 10.3 Å². The van der Waals surface area contributed by atoms with Gasteiger partial charge in [0.1, 0.15) is 4.88 Å². The third-order valence-electron chi connectivity index (χ3n) is 4.14. The minimum Gasteiger partial charge on any atom is -0.388 e. The number of aromatic nitrogens is 1.